The van der Waals surface area contributed by atoms with Crippen LogP contribution in [0, 0.1) is 0 Å². The molecule has 0 aliphatic carbocycles. The van der Waals surface area contributed by atoms with E-state index >= 15 is 0 Å². The number of amides is 1. The van der Waals surface area contributed by atoms with Crippen LogP contribution in [0.3, 0.4) is 0 Å². The molecule has 0 unspecified atom stereocenters. The highest BCUT2D eigenvalue weighted by Crippen LogP contribution is 2.18. The van der Waals surface area contributed by atoms with Gasteiger partial charge in [-0.1, -0.05) is 15.9 Å². The first-order chi connectivity index (χ1) is 9.20. The molecule has 0 radical (unpaired) electrons. The van der Waals surface area contributed by atoms with Gasteiger partial charge in [0.25, 0.3) is 5.91 Å². The second-order valence-electron chi connectivity index (χ2n) is 3.91. The highest BCUT2D eigenvalue weighted by atomic mass is 79.9. The van der Waals surface area contributed by atoms with E-state index in [0.29, 0.717) is 5.56 Å². The van der Waals surface area contributed by atoms with E-state index in [2.05, 4.69) is 31.5 Å². The lowest BCUT2D eigenvalue weighted by atomic mass is 10.2. The van der Waals surface area contributed by atoms with Crippen LogP contribution in [-0.4, -0.2) is 17.4 Å². The Morgan fingerprint density at radius 1 is 1.26 bits per heavy atom. The lowest BCUT2D eigenvalue weighted by molar-refractivity contribution is 0.102. The van der Waals surface area contributed by atoms with Gasteiger partial charge in [0.2, 0.25) is 0 Å². The van der Waals surface area contributed by atoms with Crippen LogP contribution in [0.2, 0.25) is 0 Å². The Morgan fingerprint density at radius 2 is 2.00 bits per heavy atom. The van der Waals surface area contributed by atoms with Gasteiger partial charge >= 0.3 is 0 Å². The molecule has 0 saturated heterocycles. The molecule has 1 aromatic heterocycles. The Labute approximate surface area is 120 Å². The van der Waals surface area contributed by atoms with E-state index in [0.717, 1.165) is 22.4 Å². The van der Waals surface area contributed by atoms with E-state index in [-0.39, 0.29) is 5.91 Å². The van der Waals surface area contributed by atoms with Crippen molar-refractivity contribution in [2.75, 3.05) is 17.2 Å². The third kappa shape index (κ3) is 3.54. The molecule has 0 atom stereocenters. The SMILES string of the molecule is CCNc1ccncc1C(=O)Nc1ccc(Br)cc1. The predicted molar refractivity (Wildman–Crippen MR) is 80.5 cm³/mol. The summed E-state index contributed by atoms with van der Waals surface area (Å²) in [5.74, 6) is -0.175. The topological polar surface area (TPSA) is 54.0 Å². The predicted octanol–water partition coefficient (Wildman–Crippen LogP) is 3.53. The second kappa shape index (κ2) is 6.33. The summed E-state index contributed by atoms with van der Waals surface area (Å²) in [5.41, 5.74) is 2.07. The number of rotatable bonds is 4. The van der Waals surface area contributed by atoms with Crippen molar-refractivity contribution < 1.29 is 4.79 Å². The Kier molecular flexibility index (Phi) is 4.52. The normalized spacial score (nSPS) is 10.0. The van der Waals surface area contributed by atoms with E-state index in [1.165, 1.54) is 0 Å². The van der Waals surface area contributed by atoms with Crippen LogP contribution < -0.4 is 10.6 Å². The molecule has 98 valence electrons. The Bertz CT molecular complexity index is 569. The third-order valence-corrected chi connectivity index (χ3v) is 3.06. The molecule has 2 rings (SSSR count). The van der Waals surface area contributed by atoms with Crippen molar-refractivity contribution in [1.29, 1.82) is 0 Å². The first-order valence-corrected chi connectivity index (χ1v) is 6.75. The molecule has 5 heteroatoms. The van der Waals surface area contributed by atoms with Crippen molar-refractivity contribution in [2.45, 2.75) is 6.92 Å². The summed E-state index contributed by atoms with van der Waals surface area (Å²) in [6.45, 7) is 2.74. The molecule has 0 bridgehead atoms. The molecule has 0 spiro atoms. The highest BCUT2D eigenvalue weighted by molar-refractivity contribution is 9.10. The first kappa shape index (κ1) is 13.5. The number of hydrogen-bond acceptors (Lipinski definition) is 3. The van der Waals surface area contributed by atoms with Gasteiger partial charge in [0.15, 0.2) is 0 Å². The van der Waals surface area contributed by atoms with Crippen LogP contribution in [-0.2, 0) is 0 Å². The van der Waals surface area contributed by atoms with Gasteiger partial charge in [-0.25, -0.2) is 0 Å². The molecular weight excluding hydrogens is 306 g/mol. The van der Waals surface area contributed by atoms with Crippen LogP contribution in [0.5, 0.6) is 0 Å². The van der Waals surface area contributed by atoms with E-state index in [1.54, 1.807) is 18.5 Å². The zero-order valence-corrected chi connectivity index (χ0v) is 12.1. The van der Waals surface area contributed by atoms with E-state index < -0.39 is 0 Å². The van der Waals surface area contributed by atoms with Crippen molar-refractivity contribution in [3.05, 3.63) is 52.8 Å². The van der Waals surface area contributed by atoms with Crippen molar-refractivity contribution in [1.82, 2.24) is 4.98 Å². The number of aromatic nitrogens is 1. The quantitative estimate of drug-likeness (QED) is 0.906. The number of nitrogens with zero attached hydrogens (tertiary/aromatic N) is 1. The van der Waals surface area contributed by atoms with E-state index in [4.69, 9.17) is 0 Å². The molecule has 0 saturated carbocycles. The summed E-state index contributed by atoms with van der Waals surface area (Å²) in [7, 11) is 0. The van der Waals surface area contributed by atoms with Gasteiger partial charge in [0.05, 0.1) is 11.3 Å². The van der Waals surface area contributed by atoms with Crippen molar-refractivity contribution in [3.63, 3.8) is 0 Å². The lowest BCUT2D eigenvalue weighted by Gasteiger charge is -2.10. The summed E-state index contributed by atoms with van der Waals surface area (Å²) >= 11 is 3.36. The molecule has 4 nitrogen and oxygen atoms in total. The summed E-state index contributed by atoms with van der Waals surface area (Å²) in [4.78, 5) is 16.2. The zero-order valence-electron chi connectivity index (χ0n) is 10.5. The summed E-state index contributed by atoms with van der Waals surface area (Å²) < 4.78 is 0.972. The minimum absolute atomic E-state index is 0.175. The molecule has 0 aliphatic rings. The van der Waals surface area contributed by atoms with Crippen LogP contribution in [0.1, 0.15) is 17.3 Å². The number of halogens is 1. The van der Waals surface area contributed by atoms with Gasteiger partial charge in [0.1, 0.15) is 0 Å². The second-order valence-corrected chi connectivity index (χ2v) is 4.83. The standard InChI is InChI=1S/C14H14BrN3O/c1-2-17-13-7-8-16-9-12(13)14(19)18-11-5-3-10(15)4-6-11/h3-9H,2H2,1H3,(H,16,17)(H,18,19). The number of anilines is 2. The molecule has 0 aliphatic heterocycles. The molecular formula is C14H14BrN3O. The monoisotopic (exact) mass is 319 g/mol. The summed E-state index contributed by atoms with van der Waals surface area (Å²) in [6.07, 6.45) is 3.22. The number of pyridine rings is 1. The number of carbonyl (C=O) groups is 1. The number of carbonyl (C=O) groups excluding carboxylic acids is 1. The molecule has 1 amide bonds. The molecule has 2 aromatic rings. The first-order valence-electron chi connectivity index (χ1n) is 5.95. The average Bonchev–Trinajstić information content (AvgIpc) is 2.42. The van der Waals surface area contributed by atoms with Crippen LogP contribution in [0.4, 0.5) is 11.4 Å². The molecule has 0 fully saturated rings. The van der Waals surface area contributed by atoms with Gasteiger partial charge in [-0.3, -0.25) is 9.78 Å². The van der Waals surface area contributed by atoms with Gasteiger partial charge in [0, 0.05) is 29.1 Å². The zero-order chi connectivity index (χ0) is 13.7. The lowest BCUT2D eigenvalue weighted by Crippen LogP contribution is -2.15. The smallest absolute Gasteiger partial charge is 0.259 e. The van der Waals surface area contributed by atoms with Gasteiger partial charge in [-0.05, 0) is 37.3 Å². The minimum atomic E-state index is -0.175. The van der Waals surface area contributed by atoms with Crippen molar-refractivity contribution >= 4 is 33.2 Å². The maximum absolute atomic E-state index is 12.2. The van der Waals surface area contributed by atoms with E-state index in [9.17, 15) is 4.79 Å². The minimum Gasteiger partial charge on any atom is -0.385 e. The van der Waals surface area contributed by atoms with Crippen molar-refractivity contribution in [2.24, 2.45) is 0 Å². The fourth-order valence-electron chi connectivity index (χ4n) is 1.65. The Hall–Kier alpha value is -1.88. The van der Waals surface area contributed by atoms with E-state index in [1.807, 2.05) is 31.2 Å². The van der Waals surface area contributed by atoms with Crippen molar-refractivity contribution in [3.8, 4) is 0 Å². The average molecular weight is 320 g/mol. The highest BCUT2D eigenvalue weighted by Gasteiger charge is 2.11. The largest absolute Gasteiger partial charge is 0.385 e. The number of hydrogen-bond donors (Lipinski definition) is 2. The van der Waals surface area contributed by atoms with Crippen LogP contribution in [0.25, 0.3) is 0 Å². The van der Waals surface area contributed by atoms with Crippen LogP contribution in [0.15, 0.2) is 47.2 Å². The van der Waals surface area contributed by atoms with Crippen LogP contribution >= 0.6 is 15.9 Å². The molecule has 19 heavy (non-hydrogen) atoms. The summed E-state index contributed by atoms with van der Waals surface area (Å²) in [5, 5.41) is 5.99. The number of nitrogens with one attached hydrogen (secondary N) is 2. The molecule has 1 aromatic carbocycles. The molecule has 2 N–H and O–H groups in total. The maximum atomic E-state index is 12.2. The van der Waals surface area contributed by atoms with Gasteiger partial charge < -0.3 is 10.6 Å². The number of benzene rings is 1. The maximum Gasteiger partial charge on any atom is 0.259 e. The molecule has 1 heterocycles. The Balaban J connectivity index is 2.18. The summed E-state index contributed by atoms with van der Waals surface area (Å²) in [6, 6.07) is 9.23. The third-order valence-electron chi connectivity index (χ3n) is 2.54. The van der Waals surface area contributed by atoms with Gasteiger partial charge in [-0.2, -0.15) is 0 Å². The Morgan fingerprint density at radius 3 is 2.68 bits per heavy atom. The fourth-order valence-corrected chi connectivity index (χ4v) is 1.92. The van der Waals surface area contributed by atoms with Gasteiger partial charge in [-0.15, -0.1) is 0 Å². The fraction of sp³-hybridized carbons (Fsp3) is 0.143.